The second-order valence-corrected chi connectivity index (χ2v) is 5.96. The van der Waals surface area contributed by atoms with E-state index in [0.29, 0.717) is 12.0 Å². The SMILES string of the molecule is COC(=O)c1ccc(CC(N)=NN(C)C(=O)OC(C)(C)C)cc1.Cl. The second kappa shape index (κ2) is 9.12. The zero-order chi connectivity index (χ0) is 17.6. The maximum Gasteiger partial charge on any atom is 0.430 e. The zero-order valence-electron chi connectivity index (χ0n) is 14.5. The number of amides is 1. The van der Waals surface area contributed by atoms with Crippen LogP contribution in [0.2, 0.25) is 0 Å². The predicted octanol–water partition coefficient (Wildman–Crippen LogP) is 2.58. The second-order valence-electron chi connectivity index (χ2n) is 5.96. The number of benzene rings is 1. The van der Waals surface area contributed by atoms with Crippen LogP contribution in [0.3, 0.4) is 0 Å². The lowest BCUT2D eigenvalue weighted by Gasteiger charge is -2.22. The lowest BCUT2D eigenvalue weighted by Crippen LogP contribution is -2.33. The molecule has 0 bridgehead atoms. The first-order chi connectivity index (χ1) is 10.6. The van der Waals surface area contributed by atoms with E-state index in [1.54, 1.807) is 45.0 Å². The van der Waals surface area contributed by atoms with Gasteiger partial charge in [-0.05, 0) is 38.5 Å². The minimum Gasteiger partial charge on any atom is -0.465 e. The molecule has 1 aromatic carbocycles. The first-order valence-corrected chi connectivity index (χ1v) is 7.09. The van der Waals surface area contributed by atoms with Gasteiger partial charge in [0.05, 0.1) is 12.7 Å². The Hall–Kier alpha value is -2.28. The van der Waals surface area contributed by atoms with E-state index in [2.05, 4.69) is 9.84 Å². The molecule has 0 radical (unpaired) electrons. The smallest absolute Gasteiger partial charge is 0.430 e. The van der Waals surface area contributed by atoms with Gasteiger partial charge in [0.25, 0.3) is 0 Å². The molecule has 0 saturated heterocycles. The van der Waals surface area contributed by atoms with Gasteiger partial charge in [-0.25, -0.2) is 9.59 Å². The number of ether oxygens (including phenoxy) is 2. The van der Waals surface area contributed by atoms with Crippen LogP contribution in [-0.4, -0.2) is 42.7 Å². The van der Waals surface area contributed by atoms with E-state index < -0.39 is 17.7 Å². The Kier molecular flexibility index (Phi) is 8.26. The number of rotatable bonds is 4. The average molecular weight is 358 g/mol. The molecule has 8 heteroatoms. The molecule has 0 atom stereocenters. The van der Waals surface area contributed by atoms with Crippen molar-refractivity contribution in [3.8, 4) is 0 Å². The summed E-state index contributed by atoms with van der Waals surface area (Å²) in [5, 5.41) is 5.05. The molecule has 1 rings (SSSR count). The molecule has 1 amide bonds. The highest BCUT2D eigenvalue weighted by Crippen LogP contribution is 2.10. The molecule has 0 aliphatic rings. The van der Waals surface area contributed by atoms with Crippen molar-refractivity contribution in [2.45, 2.75) is 32.8 Å². The lowest BCUT2D eigenvalue weighted by atomic mass is 10.1. The van der Waals surface area contributed by atoms with Crippen molar-refractivity contribution in [1.29, 1.82) is 0 Å². The molecule has 0 aliphatic carbocycles. The van der Waals surface area contributed by atoms with Crippen LogP contribution in [-0.2, 0) is 15.9 Å². The number of nitrogens with two attached hydrogens (primary N) is 1. The van der Waals surface area contributed by atoms with Crippen molar-refractivity contribution < 1.29 is 19.1 Å². The topological polar surface area (TPSA) is 94.2 Å². The molecule has 134 valence electrons. The van der Waals surface area contributed by atoms with Crippen LogP contribution in [0.1, 0.15) is 36.7 Å². The Morgan fingerprint density at radius 3 is 2.21 bits per heavy atom. The van der Waals surface area contributed by atoms with Crippen LogP contribution < -0.4 is 5.73 Å². The number of esters is 1. The van der Waals surface area contributed by atoms with E-state index in [9.17, 15) is 9.59 Å². The number of halogens is 1. The third-order valence-electron chi connectivity index (χ3n) is 2.70. The van der Waals surface area contributed by atoms with Crippen molar-refractivity contribution in [3.05, 3.63) is 35.4 Å². The quantitative estimate of drug-likeness (QED) is 0.387. The van der Waals surface area contributed by atoms with Gasteiger partial charge >= 0.3 is 12.1 Å². The van der Waals surface area contributed by atoms with Crippen molar-refractivity contribution in [3.63, 3.8) is 0 Å². The Morgan fingerprint density at radius 2 is 1.75 bits per heavy atom. The van der Waals surface area contributed by atoms with Crippen LogP contribution >= 0.6 is 12.4 Å². The summed E-state index contributed by atoms with van der Waals surface area (Å²) in [5.41, 5.74) is 6.56. The number of amidine groups is 1. The summed E-state index contributed by atoms with van der Waals surface area (Å²) in [6, 6.07) is 6.79. The molecule has 7 nitrogen and oxygen atoms in total. The van der Waals surface area contributed by atoms with Crippen molar-refractivity contribution in [2.24, 2.45) is 10.8 Å². The minimum atomic E-state index is -0.598. The van der Waals surface area contributed by atoms with Crippen LogP contribution in [0.5, 0.6) is 0 Å². The summed E-state index contributed by atoms with van der Waals surface area (Å²) < 4.78 is 9.81. The van der Waals surface area contributed by atoms with Gasteiger partial charge in [0.15, 0.2) is 0 Å². The number of hydrogen-bond donors (Lipinski definition) is 1. The molecule has 2 N–H and O–H groups in total. The number of carbonyl (C=O) groups is 2. The molecule has 0 saturated carbocycles. The molecule has 0 spiro atoms. The van der Waals surface area contributed by atoms with E-state index in [4.69, 9.17) is 10.5 Å². The van der Waals surface area contributed by atoms with Crippen LogP contribution in [0.25, 0.3) is 0 Å². The molecular formula is C16H24ClN3O4. The van der Waals surface area contributed by atoms with E-state index in [-0.39, 0.29) is 18.2 Å². The highest BCUT2D eigenvalue weighted by atomic mass is 35.5. The standard InChI is InChI=1S/C16H23N3O4.ClH/c1-16(2,3)23-15(21)19(4)18-13(17)10-11-6-8-12(9-7-11)14(20)22-5;/h6-9H,10H2,1-5H3,(H2,17,18);1H. The first kappa shape index (κ1) is 21.7. The monoisotopic (exact) mass is 357 g/mol. The third kappa shape index (κ3) is 7.32. The summed E-state index contributed by atoms with van der Waals surface area (Å²) in [7, 11) is 2.80. The molecule has 0 heterocycles. The van der Waals surface area contributed by atoms with Crippen LogP contribution in [0.15, 0.2) is 29.4 Å². The average Bonchev–Trinajstić information content (AvgIpc) is 2.45. The number of carbonyl (C=O) groups excluding carboxylic acids is 2. The van der Waals surface area contributed by atoms with Gasteiger partial charge in [-0.15, -0.1) is 12.4 Å². The zero-order valence-corrected chi connectivity index (χ0v) is 15.3. The van der Waals surface area contributed by atoms with Gasteiger partial charge in [0, 0.05) is 13.5 Å². The maximum absolute atomic E-state index is 11.8. The first-order valence-electron chi connectivity index (χ1n) is 7.09. The Labute approximate surface area is 148 Å². The van der Waals surface area contributed by atoms with E-state index in [1.807, 2.05) is 0 Å². The Morgan fingerprint density at radius 1 is 1.21 bits per heavy atom. The summed E-state index contributed by atoms with van der Waals surface area (Å²) in [6.45, 7) is 5.32. The lowest BCUT2D eigenvalue weighted by molar-refractivity contribution is 0.0302. The molecule has 0 aromatic heterocycles. The third-order valence-corrected chi connectivity index (χ3v) is 2.70. The summed E-state index contributed by atoms with van der Waals surface area (Å²) >= 11 is 0. The van der Waals surface area contributed by atoms with Gasteiger partial charge in [0.2, 0.25) is 0 Å². The fourth-order valence-electron chi connectivity index (χ4n) is 1.68. The van der Waals surface area contributed by atoms with Gasteiger partial charge in [-0.3, -0.25) is 0 Å². The van der Waals surface area contributed by atoms with E-state index in [0.717, 1.165) is 10.6 Å². The van der Waals surface area contributed by atoms with Crippen molar-refractivity contribution in [2.75, 3.05) is 14.2 Å². The van der Waals surface area contributed by atoms with Gasteiger partial charge in [-0.2, -0.15) is 10.1 Å². The molecule has 0 unspecified atom stereocenters. The fourth-order valence-corrected chi connectivity index (χ4v) is 1.68. The van der Waals surface area contributed by atoms with Crippen molar-refractivity contribution >= 4 is 30.3 Å². The van der Waals surface area contributed by atoms with Crippen molar-refractivity contribution in [1.82, 2.24) is 5.01 Å². The number of hydrazone groups is 1. The van der Waals surface area contributed by atoms with Gasteiger partial charge in [-0.1, -0.05) is 12.1 Å². The van der Waals surface area contributed by atoms with E-state index >= 15 is 0 Å². The molecule has 1 aromatic rings. The Balaban J connectivity index is 0.00000529. The highest BCUT2D eigenvalue weighted by Gasteiger charge is 2.19. The predicted molar refractivity (Wildman–Crippen MR) is 94.4 cm³/mol. The summed E-state index contributed by atoms with van der Waals surface area (Å²) in [5.74, 6) is -0.146. The molecule has 0 fully saturated rings. The van der Waals surface area contributed by atoms with Crippen LogP contribution in [0.4, 0.5) is 4.79 Å². The fraction of sp³-hybridized carbons (Fsp3) is 0.438. The van der Waals surface area contributed by atoms with Gasteiger partial charge < -0.3 is 15.2 Å². The number of methoxy groups -OCH3 is 1. The minimum absolute atomic E-state index is 0. The largest absolute Gasteiger partial charge is 0.465 e. The van der Waals surface area contributed by atoms with E-state index in [1.165, 1.54) is 14.2 Å². The maximum atomic E-state index is 11.8. The Bertz CT molecular complexity index is 594. The summed E-state index contributed by atoms with van der Waals surface area (Å²) in [4.78, 5) is 23.1. The molecular weight excluding hydrogens is 334 g/mol. The normalized spacial score (nSPS) is 11.3. The molecule has 24 heavy (non-hydrogen) atoms. The van der Waals surface area contributed by atoms with Gasteiger partial charge in [0.1, 0.15) is 11.4 Å². The summed E-state index contributed by atoms with van der Waals surface area (Å²) in [6.07, 6.45) is -0.240. The highest BCUT2D eigenvalue weighted by molar-refractivity contribution is 5.89. The molecule has 0 aliphatic heterocycles. The van der Waals surface area contributed by atoms with Crippen LogP contribution in [0, 0.1) is 0 Å². The number of hydrogen-bond acceptors (Lipinski definition) is 5. The number of nitrogens with zero attached hydrogens (tertiary/aromatic N) is 2.